The topological polar surface area (TPSA) is 53.2 Å². The number of nitrogens with one attached hydrogen (secondary N) is 3. The van der Waals surface area contributed by atoms with Crippen molar-refractivity contribution in [2.45, 2.75) is 6.18 Å². The van der Waals surface area contributed by atoms with Crippen molar-refractivity contribution < 1.29 is 22.4 Å². The molecule has 2 aromatic carbocycles. The first kappa shape index (κ1) is 15.6. The Hall–Kier alpha value is -2.77. The van der Waals surface area contributed by atoms with E-state index < -0.39 is 23.6 Å². The normalized spacial score (nSPS) is 10.9. The molecule has 0 fully saturated rings. The number of rotatable bonds is 3. The van der Waals surface area contributed by atoms with Gasteiger partial charge in [-0.2, -0.15) is 13.2 Å². The van der Waals surface area contributed by atoms with Crippen LogP contribution >= 0.6 is 0 Å². The van der Waals surface area contributed by atoms with Crippen LogP contribution in [0.2, 0.25) is 0 Å². The molecule has 0 bridgehead atoms. The van der Waals surface area contributed by atoms with Crippen molar-refractivity contribution in [1.82, 2.24) is 5.43 Å². The van der Waals surface area contributed by atoms with Gasteiger partial charge in [0, 0.05) is 5.69 Å². The first-order valence-electron chi connectivity index (χ1n) is 6.10. The second-order valence-corrected chi connectivity index (χ2v) is 4.29. The highest BCUT2D eigenvalue weighted by Crippen LogP contribution is 2.30. The molecule has 3 N–H and O–H groups in total. The van der Waals surface area contributed by atoms with Crippen molar-refractivity contribution in [3.8, 4) is 0 Å². The number of carbonyl (C=O) groups is 1. The van der Waals surface area contributed by atoms with Crippen LogP contribution in [0.1, 0.15) is 5.56 Å². The predicted octanol–water partition coefficient (Wildman–Crippen LogP) is 3.99. The number of alkyl halides is 3. The largest absolute Gasteiger partial charge is 0.416 e. The van der Waals surface area contributed by atoms with Crippen LogP contribution in [-0.4, -0.2) is 6.03 Å². The summed E-state index contributed by atoms with van der Waals surface area (Å²) in [7, 11) is 0. The monoisotopic (exact) mass is 313 g/mol. The van der Waals surface area contributed by atoms with E-state index in [0.717, 1.165) is 18.2 Å². The number of halogens is 4. The van der Waals surface area contributed by atoms with Crippen molar-refractivity contribution >= 4 is 17.4 Å². The van der Waals surface area contributed by atoms with Gasteiger partial charge in [0.1, 0.15) is 5.82 Å². The molecule has 8 heteroatoms. The van der Waals surface area contributed by atoms with E-state index in [-0.39, 0.29) is 11.4 Å². The average Bonchev–Trinajstić information content (AvgIpc) is 2.45. The first-order chi connectivity index (χ1) is 10.3. The van der Waals surface area contributed by atoms with Gasteiger partial charge in [-0.3, -0.25) is 10.9 Å². The summed E-state index contributed by atoms with van der Waals surface area (Å²) < 4.78 is 50.5. The molecular formula is C14H11F4N3O. The molecule has 0 heterocycles. The lowest BCUT2D eigenvalue weighted by atomic mass is 10.2. The molecule has 0 aromatic heterocycles. The maximum Gasteiger partial charge on any atom is 0.416 e. The summed E-state index contributed by atoms with van der Waals surface area (Å²) in [6, 6.07) is 8.77. The number of hydrogen-bond donors (Lipinski definition) is 3. The maximum atomic E-state index is 12.9. The third kappa shape index (κ3) is 4.37. The van der Waals surface area contributed by atoms with Crippen LogP contribution in [0.15, 0.2) is 48.5 Å². The fourth-order valence-electron chi connectivity index (χ4n) is 1.63. The van der Waals surface area contributed by atoms with E-state index in [2.05, 4.69) is 16.2 Å². The van der Waals surface area contributed by atoms with Gasteiger partial charge in [0.25, 0.3) is 0 Å². The molecule has 22 heavy (non-hydrogen) atoms. The number of benzene rings is 2. The molecule has 0 aliphatic carbocycles. The van der Waals surface area contributed by atoms with Crippen LogP contribution in [0.4, 0.5) is 33.7 Å². The molecule has 0 aliphatic heterocycles. The molecule has 0 atom stereocenters. The molecule has 2 aromatic rings. The van der Waals surface area contributed by atoms with E-state index in [4.69, 9.17) is 0 Å². The number of urea groups is 1. The van der Waals surface area contributed by atoms with E-state index in [9.17, 15) is 22.4 Å². The summed E-state index contributed by atoms with van der Waals surface area (Å²) in [5.41, 5.74) is 3.92. The van der Waals surface area contributed by atoms with E-state index in [1.54, 1.807) is 0 Å². The SMILES string of the molecule is O=C(NNc1cccc(C(F)(F)F)c1)Nc1cccc(F)c1. The molecule has 0 aliphatic rings. The fourth-order valence-corrected chi connectivity index (χ4v) is 1.63. The summed E-state index contributed by atoms with van der Waals surface area (Å²) >= 11 is 0. The highest BCUT2D eigenvalue weighted by atomic mass is 19.4. The minimum atomic E-state index is -4.47. The third-order valence-corrected chi connectivity index (χ3v) is 2.59. The lowest BCUT2D eigenvalue weighted by molar-refractivity contribution is -0.137. The van der Waals surface area contributed by atoms with Gasteiger partial charge in [0.15, 0.2) is 0 Å². The molecule has 2 amide bonds. The number of hydrogen-bond acceptors (Lipinski definition) is 2. The standard InChI is InChI=1S/C14H11F4N3O/c15-10-4-2-5-11(8-10)19-13(22)21-20-12-6-1-3-9(7-12)14(16,17)18/h1-8,20H,(H2,19,21,22). The quantitative estimate of drug-likeness (QED) is 0.593. The highest BCUT2D eigenvalue weighted by molar-refractivity contribution is 5.89. The first-order valence-corrected chi connectivity index (χ1v) is 6.10. The lowest BCUT2D eigenvalue weighted by Crippen LogP contribution is -2.33. The van der Waals surface area contributed by atoms with Gasteiger partial charge in [-0.25, -0.2) is 9.18 Å². The van der Waals surface area contributed by atoms with Crippen molar-refractivity contribution in [2.24, 2.45) is 0 Å². The molecule has 4 nitrogen and oxygen atoms in total. The Balaban J connectivity index is 1.94. The molecule has 116 valence electrons. The Bertz CT molecular complexity index is 673. The smallest absolute Gasteiger partial charge is 0.306 e. The van der Waals surface area contributed by atoms with Gasteiger partial charge in [-0.1, -0.05) is 12.1 Å². The Kier molecular flexibility index (Phi) is 4.50. The highest BCUT2D eigenvalue weighted by Gasteiger charge is 2.30. The Labute approximate surface area is 123 Å². The molecule has 0 saturated carbocycles. The number of hydrazine groups is 1. The van der Waals surface area contributed by atoms with Gasteiger partial charge < -0.3 is 5.32 Å². The van der Waals surface area contributed by atoms with Crippen LogP contribution in [0.5, 0.6) is 0 Å². The molecule has 0 spiro atoms. The second-order valence-electron chi connectivity index (χ2n) is 4.29. The second kappa shape index (κ2) is 6.33. The predicted molar refractivity (Wildman–Crippen MR) is 73.6 cm³/mol. The molecule has 0 unspecified atom stereocenters. The summed E-state index contributed by atoms with van der Waals surface area (Å²) in [6.07, 6.45) is -4.47. The van der Waals surface area contributed by atoms with Crippen LogP contribution in [-0.2, 0) is 6.18 Å². The number of carbonyl (C=O) groups excluding carboxylic acids is 1. The van der Waals surface area contributed by atoms with Crippen LogP contribution in [0.25, 0.3) is 0 Å². The lowest BCUT2D eigenvalue weighted by Gasteiger charge is -2.12. The number of anilines is 2. The Morgan fingerprint density at radius 2 is 1.64 bits per heavy atom. The van der Waals surface area contributed by atoms with E-state index in [0.29, 0.717) is 0 Å². The van der Waals surface area contributed by atoms with E-state index in [1.807, 2.05) is 0 Å². The van der Waals surface area contributed by atoms with Gasteiger partial charge >= 0.3 is 12.2 Å². The molecular weight excluding hydrogens is 302 g/mol. The van der Waals surface area contributed by atoms with Crippen LogP contribution < -0.4 is 16.2 Å². The van der Waals surface area contributed by atoms with Crippen LogP contribution in [0.3, 0.4) is 0 Å². The van der Waals surface area contributed by atoms with Gasteiger partial charge in [0.2, 0.25) is 0 Å². The number of amides is 2. The van der Waals surface area contributed by atoms with Gasteiger partial charge in [-0.15, -0.1) is 0 Å². The molecule has 2 rings (SSSR count). The minimum Gasteiger partial charge on any atom is -0.306 e. The Morgan fingerprint density at radius 3 is 2.32 bits per heavy atom. The summed E-state index contributed by atoms with van der Waals surface area (Å²) in [4.78, 5) is 11.5. The zero-order valence-electron chi connectivity index (χ0n) is 11.0. The molecule has 0 radical (unpaired) electrons. The molecule has 0 saturated heterocycles. The van der Waals surface area contributed by atoms with Crippen molar-refractivity contribution in [3.05, 3.63) is 59.9 Å². The van der Waals surface area contributed by atoms with E-state index in [1.165, 1.54) is 30.3 Å². The van der Waals surface area contributed by atoms with Crippen molar-refractivity contribution in [3.63, 3.8) is 0 Å². The average molecular weight is 313 g/mol. The van der Waals surface area contributed by atoms with Crippen molar-refractivity contribution in [2.75, 3.05) is 10.7 Å². The fraction of sp³-hybridized carbons (Fsp3) is 0.0714. The van der Waals surface area contributed by atoms with Gasteiger partial charge in [-0.05, 0) is 36.4 Å². The van der Waals surface area contributed by atoms with Gasteiger partial charge in [0.05, 0.1) is 11.3 Å². The minimum absolute atomic E-state index is 0.0595. The van der Waals surface area contributed by atoms with E-state index >= 15 is 0 Å². The van der Waals surface area contributed by atoms with Crippen LogP contribution in [0, 0.1) is 5.82 Å². The summed E-state index contributed by atoms with van der Waals surface area (Å²) in [5.74, 6) is -0.524. The zero-order valence-corrected chi connectivity index (χ0v) is 11.0. The maximum absolute atomic E-state index is 12.9. The zero-order chi connectivity index (χ0) is 16.2. The van der Waals surface area contributed by atoms with Crippen molar-refractivity contribution in [1.29, 1.82) is 0 Å². The summed E-state index contributed by atoms with van der Waals surface area (Å²) in [6.45, 7) is 0. The third-order valence-electron chi connectivity index (χ3n) is 2.59. The Morgan fingerprint density at radius 1 is 0.955 bits per heavy atom. The summed E-state index contributed by atoms with van der Waals surface area (Å²) in [5, 5.41) is 2.32.